The Morgan fingerprint density at radius 2 is 2.00 bits per heavy atom. The number of hydrogen-bond acceptors (Lipinski definition) is 3. The first-order chi connectivity index (χ1) is 11.2. The Bertz CT molecular complexity index is 563. The molecule has 126 valence electrons. The summed E-state index contributed by atoms with van der Waals surface area (Å²) in [6, 6.07) is -0.212. The summed E-state index contributed by atoms with van der Waals surface area (Å²) >= 11 is 0. The second-order valence-electron chi connectivity index (χ2n) is 6.55. The molecule has 2 saturated heterocycles. The third kappa shape index (κ3) is 3.57. The van der Waals surface area contributed by atoms with Crippen molar-refractivity contribution in [2.75, 3.05) is 19.6 Å². The van der Waals surface area contributed by atoms with Crippen LogP contribution in [0, 0.1) is 6.92 Å². The van der Waals surface area contributed by atoms with Gasteiger partial charge < -0.3 is 14.4 Å². The van der Waals surface area contributed by atoms with Crippen LogP contribution < -0.4 is 0 Å². The molecule has 2 aliphatic heterocycles. The van der Waals surface area contributed by atoms with Crippen molar-refractivity contribution in [2.24, 2.45) is 0 Å². The topological polar surface area (TPSA) is 58.4 Å². The van der Waals surface area contributed by atoms with Crippen molar-refractivity contribution in [2.45, 2.75) is 58.0 Å². The third-order valence-corrected chi connectivity index (χ3v) is 4.99. The first-order valence-corrected chi connectivity index (χ1v) is 8.73. The molecule has 1 atom stereocenters. The second-order valence-corrected chi connectivity index (χ2v) is 6.55. The molecule has 0 bridgehead atoms. The molecule has 1 aromatic heterocycles. The molecule has 0 aromatic carbocycles. The van der Waals surface area contributed by atoms with Crippen molar-refractivity contribution in [3.8, 4) is 0 Å². The van der Waals surface area contributed by atoms with Crippen molar-refractivity contribution in [3.63, 3.8) is 0 Å². The van der Waals surface area contributed by atoms with Gasteiger partial charge in [-0.15, -0.1) is 0 Å². The molecule has 3 rings (SSSR count). The average molecular weight is 318 g/mol. The lowest BCUT2D eigenvalue weighted by Gasteiger charge is -2.27. The molecule has 6 nitrogen and oxygen atoms in total. The number of aryl methyl sites for hydroxylation is 2. The fraction of sp³-hybridized carbons (Fsp3) is 0.706. The molecule has 0 aliphatic carbocycles. The summed E-state index contributed by atoms with van der Waals surface area (Å²) in [6.45, 7) is 5.21. The van der Waals surface area contributed by atoms with Crippen molar-refractivity contribution in [1.82, 2.24) is 19.4 Å². The Kier molecular flexibility index (Phi) is 4.98. The van der Waals surface area contributed by atoms with Crippen LogP contribution in [0.5, 0.6) is 0 Å². The van der Waals surface area contributed by atoms with Gasteiger partial charge in [0.15, 0.2) is 0 Å². The maximum absolute atomic E-state index is 12.6. The Labute approximate surface area is 137 Å². The maximum atomic E-state index is 12.6. The Morgan fingerprint density at radius 1 is 1.22 bits per heavy atom. The molecule has 0 radical (unpaired) electrons. The molecule has 2 amide bonds. The monoisotopic (exact) mass is 318 g/mol. The largest absolute Gasteiger partial charge is 0.341 e. The van der Waals surface area contributed by atoms with Crippen molar-refractivity contribution < 1.29 is 9.59 Å². The van der Waals surface area contributed by atoms with Gasteiger partial charge in [-0.1, -0.05) is 0 Å². The standard InChI is InChI=1S/C17H26N4O2/c1-14-18-8-13-19(14)11-5-7-16(22)21-12-4-6-15(21)17(23)20-9-2-3-10-20/h8,13,15H,2-7,9-12H2,1H3/t15-/m0/s1. The number of carbonyl (C=O) groups is 2. The number of aromatic nitrogens is 2. The molecule has 0 unspecified atom stereocenters. The van der Waals surface area contributed by atoms with E-state index in [4.69, 9.17) is 0 Å². The number of amides is 2. The zero-order valence-corrected chi connectivity index (χ0v) is 13.9. The number of likely N-dealkylation sites (tertiary alicyclic amines) is 2. The SMILES string of the molecule is Cc1nccn1CCCC(=O)N1CCC[C@H]1C(=O)N1CCCC1. The summed E-state index contributed by atoms with van der Waals surface area (Å²) in [5, 5.41) is 0. The van der Waals surface area contributed by atoms with E-state index in [0.29, 0.717) is 6.42 Å². The molecule has 3 heterocycles. The van der Waals surface area contributed by atoms with E-state index in [9.17, 15) is 9.59 Å². The van der Waals surface area contributed by atoms with E-state index in [1.807, 2.05) is 22.9 Å². The van der Waals surface area contributed by atoms with Gasteiger partial charge in [0, 0.05) is 45.0 Å². The minimum atomic E-state index is -0.212. The molecular weight excluding hydrogens is 292 g/mol. The normalized spacial score (nSPS) is 21.2. The highest BCUT2D eigenvalue weighted by Crippen LogP contribution is 2.22. The summed E-state index contributed by atoms with van der Waals surface area (Å²) in [4.78, 5) is 33.1. The summed E-state index contributed by atoms with van der Waals surface area (Å²) in [5.74, 6) is 1.26. The fourth-order valence-corrected chi connectivity index (χ4v) is 3.65. The Balaban J connectivity index is 1.51. The molecule has 0 spiro atoms. The van der Waals surface area contributed by atoms with Crippen LogP contribution in [-0.4, -0.2) is 56.8 Å². The zero-order chi connectivity index (χ0) is 16.2. The first-order valence-electron chi connectivity index (χ1n) is 8.73. The molecule has 1 aromatic rings. The minimum absolute atomic E-state index is 0.123. The van der Waals surface area contributed by atoms with Gasteiger partial charge in [-0.3, -0.25) is 9.59 Å². The van der Waals surface area contributed by atoms with Gasteiger partial charge >= 0.3 is 0 Å². The van der Waals surface area contributed by atoms with E-state index >= 15 is 0 Å². The van der Waals surface area contributed by atoms with Crippen LogP contribution >= 0.6 is 0 Å². The van der Waals surface area contributed by atoms with Gasteiger partial charge in [-0.05, 0) is 39.0 Å². The van der Waals surface area contributed by atoms with E-state index in [0.717, 1.165) is 64.1 Å². The van der Waals surface area contributed by atoms with Crippen LogP contribution in [0.25, 0.3) is 0 Å². The maximum Gasteiger partial charge on any atom is 0.245 e. The highest BCUT2D eigenvalue weighted by molar-refractivity contribution is 5.88. The molecule has 0 saturated carbocycles. The van der Waals surface area contributed by atoms with E-state index in [1.165, 1.54) is 0 Å². The number of nitrogens with zero attached hydrogens (tertiary/aromatic N) is 4. The van der Waals surface area contributed by atoms with E-state index in [2.05, 4.69) is 9.55 Å². The second kappa shape index (κ2) is 7.15. The number of hydrogen-bond donors (Lipinski definition) is 0. The van der Waals surface area contributed by atoms with Gasteiger partial charge in [0.1, 0.15) is 11.9 Å². The molecule has 23 heavy (non-hydrogen) atoms. The third-order valence-electron chi connectivity index (χ3n) is 4.99. The molecule has 6 heteroatoms. The van der Waals surface area contributed by atoms with E-state index < -0.39 is 0 Å². The van der Waals surface area contributed by atoms with Crippen LogP contribution in [0.2, 0.25) is 0 Å². The minimum Gasteiger partial charge on any atom is -0.341 e. The van der Waals surface area contributed by atoms with Gasteiger partial charge in [0.2, 0.25) is 11.8 Å². The number of carbonyl (C=O) groups excluding carboxylic acids is 2. The summed E-state index contributed by atoms with van der Waals surface area (Å²) in [6.07, 6.45) is 8.96. The van der Waals surface area contributed by atoms with Gasteiger partial charge in [-0.2, -0.15) is 0 Å². The molecule has 2 fully saturated rings. The molecule has 2 aliphatic rings. The highest BCUT2D eigenvalue weighted by Gasteiger charge is 2.36. The van der Waals surface area contributed by atoms with Crippen LogP contribution in [0.4, 0.5) is 0 Å². The van der Waals surface area contributed by atoms with Crippen LogP contribution in [0.3, 0.4) is 0 Å². The lowest BCUT2D eigenvalue weighted by atomic mass is 10.2. The Hall–Kier alpha value is -1.85. The molecule has 0 N–H and O–H groups in total. The van der Waals surface area contributed by atoms with Gasteiger partial charge in [0.25, 0.3) is 0 Å². The zero-order valence-electron chi connectivity index (χ0n) is 13.9. The lowest BCUT2D eigenvalue weighted by Crippen LogP contribution is -2.46. The average Bonchev–Trinajstić information content (AvgIpc) is 3.28. The van der Waals surface area contributed by atoms with Crippen LogP contribution in [0.15, 0.2) is 12.4 Å². The van der Waals surface area contributed by atoms with E-state index in [-0.39, 0.29) is 17.9 Å². The summed E-state index contributed by atoms with van der Waals surface area (Å²) in [7, 11) is 0. The smallest absolute Gasteiger partial charge is 0.245 e. The highest BCUT2D eigenvalue weighted by atomic mass is 16.2. The predicted molar refractivity (Wildman–Crippen MR) is 86.7 cm³/mol. The summed E-state index contributed by atoms with van der Waals surface area (Å²) < 4.78 is 2.06. The van der Waals surface area contributed by atoms with Crippen LogP contribution in [-0.2, 0) is 16.1 Å². The summed E-state index contributed by atoms with van der Waals surface area (Å²) in [5.41, 5.74) is 0. The number of imidazole rings is 1. The van der Waals surface area contributed by atoms with Crippen LogP contribution in [0.1, 0.15) is 44.3 Å². The van der Waals surface area contributed by atoms with Crippen molar-refractivity contribution in [3.05, 3.63) is 18.2 Å². The Morgan fingerprint density at radius 3 is 2.70 bits per heavy atom. The lowest BCUT2D eigenvalue weighted by molar-refractivity contribution is -0.143. The van der Waals surface area contributed by atoms with Crippen molar-refractivity contribution >= 4 is 11.8 Å². The van der Waals surface area contributed by atoms with Gasteiger partial charge in [-0.25, -0.2) is 4.98 Å². The quantitative estimate of drug-likeness (QED) is 0.828. The number of rotatable bonds is 5. The molecular formula is C17H26N4O2. The van der Waals surface area contributed by atoms with Gasteiger partial charge in [0.05, 0.1) is 0 Å². The van der Waals surface area contributed by atoms with Crippen molar-refractivity contribution in [1.29, 1.82) is 0 Å². The predicted octanol–water partition coefficient (Wildman–Crippen LogP) is 1.59. The fourth-order valence-electron chi connectivity index (χ4n) is 3.65. The first kappa shape index (κ1) is 16.0. The van der Waals surface area contributed by atoms with E-state index in [1.54, 1.807) is 6.20 Å².